The van der Waals surface area contributed by atoms with E-state index in [1.165, 1.54) is 5.56 Å². The molecule has 0 aliphatic heterocycles. The van der Waals surface area contributed by atoms with E-state index < -0.39 is 17.7 Å². The Morgan fingerprint density at radius 3 is 2.59 bits per heavy atom. The number of hydrogen-bond acceptors (Lipinski definition) is 2. The second kappa shape index (κ2) is 8.27. The molecule has 4 N–H and O–H groups in total. The van der Waals surface area contributed by atoms with Crippen LogP contribution in [0.4, 0.5) is 4.79 Å². The maximum atomic E-state index is 11.4. The Labute approximate surface area is 159 Å². The molecular weight excluding hydrogens is 340 g/mol. The number of carboxylic acid groups (broad SMARTS) is 1. The number of H-pyrrole nitrogens is 1. The van der Waals surface area contributed by atoms with Crippen molar-refractivity contribution in [1.82, 2.24) is 10.3 Å². The van der Waals surface area contributed by atoms with Gasteiger partial charge in [0, 0.05) is 17.1 Å². The van der Waals surface area contributed by atoms with Crippen molar-refractivity contribution in [1.29, 1.82) is 0 Å². The third-order valence-electron chi connectivity index (χ3n) is 5.15. The number of aromatic nitrogens is 1. The summed E-state index contributed by atoms with van der Waals surface area (Å²) in [6.07, 6.45) is 2.56. The smallest absolute Gasteiger partial charge is 0.405 e. The minimum absolute atomic E-state index is 0.413. The molecule has 5 nitrogen and oxygen atoms in total. The van der Waals surface area contributed by atoms with Crippen LogP contribution in [0.5, 0.6) is 0 Å². The van der Waals surface area contributed by atoms with Crippen LogP contribution in [-0.2, 0) is 12.8 Å². The van der Waals surface area contributed by atoms with Gasteiger partial charge in [-0.15, -0.1) is 0 Å². The van der Waals surface area contributed by atoms with E-state index in [4.69, 9.17) is 0 Å². The van der Waals surface area contributed by atoms with Crippen LogP contribution in [0.3, 0.4) is 0 Å². The predicted octanol–water partition coefficient (Wildman–Crippen LogP) is 4.12. The molecule has 2 atom stereocenters. The van der Waals surface area contributed by atoms with E-state index in [0.29, 0.717) is 12.8 Å². The number of aliphatic hydroxyl groups is 1. The normalized spacial score (nSPS) is 14.6. The zero-order chi connectivity index (χ0) is 19.3. The minimum atomic E-state index is -1.13. The van der Waals surface area contributed by atoms with Crippen molar-refractivity contribution in [3.8, 4) is 0 Å². The largest absolute Gasteiger partial charge is 0.465 e. The first-order valence-corrected chi connectivity index (χ1v) is 9.26. The Morgan fingerprint density at radius 1 is 1.15 bits per heavy atom. The molecule has 0 radical (unpaired) electrons. The summed E-state index contributed by atoms with van der Waals surface area (Å²) in [5.74, 6) is 0. The van der Waals surface area contributed by atoms with Gasteiger partial charge in [-0.2, -0.15) is 0 Å². The summed E-state index contributed by atoms with van der Waals surface area (Å²) in [6.45, 7) is 1.77. The Kier molecular flexibility index (Phi) is 5.81. The minimum Gasteiger partial charge on any atom is -0.465 e. The van der Waals surface area contributed by atoms with Gasteiger partial charge >= 0.3 is 6.09 Å². The number of aryl methyl sites for hydroxylation is 1. The van der Waals surface area contributed by atoms with Gasteiger partial charge in [-0.25, -0.2) is 4.79 Å². The molecule has 3 aromatic rings. The molecule has 0 spiro atoms. The number of amides is 1. The fraction of sp³-hybridized carbons (Fsp3) is 0.318. The zero-order valence-corrected chi connectivity index (χ0v) is 15.5. The van der Waals surface area contributed by atoms with E-state index in [-0.39, 0.29) is 0 Å². The zero-order valence-electron chi connectivity index (χ0n) is 15.5. The molecule has 0 saturated carbocycles. The van der Waals surface area contributed by atoms with Crippen molar-refractivity contribution in [2.24, 2.45) is 0 Å². The van der Waals surface area contributed by atoms with Gasteiger partial charge in [-0.1, -0.05) is 48.5 Å². The average molecular weight is 366 g/mol. The third kappa shape index (κ3) is 4.68. The van der Waals surface area contributed by atoms with E-state index in [2.05, 4.69) is 22.4 Å². The molecule has 0 aliphatic carbocycles. The molecular formula is C22H26N2O3. The Balaban J connectivity index is 1.71. The van der Waals surface area contributed by atoms with E-state index in [0.717, 1.165) is 29.3 Å². The fourth-order valence-electron chi connectivity index (χ4n) is 3.63. The first-order valence-electron chi connectivity index (χ1n) is 9.26. The fourth-order valence-corrected chi connectivity index (χ4v) is 3.63. The molecule has 27 heavy (non-hydrogen) atoms. The molecule has 0 aliphatic rings. The van der Waals surface area contributed by atoms with Crippen LogP contribution in [0.25, 0.3) is 10.9 Å². The van der Waals surface area contributed by atoms with Gasteiger partial charge in [0.15, 0.2) is 0 Å². The van der Waals surface area contributed by atoms with Gasteiger partial charge in [0.05, 0.1) is 11.6 Å². The quantitative estimate of drug-likeness (QED) is 0.484. The highest BCUT2D eigenvalue weighted by Gasteiger charge is 2.35. The van der Waals surface area contributed by atoms with Gasteiger partial charge in [0.2, 0.25) is 0 Å². The van der Waals surface area contributed by atoms with Gasteiger partial charge in [0.1, 0.15) is 0 Å². The van der Waals surface area contributed by atoms with Gasteiger partial charge in [0.25, 0.3) is 0 Å². The van der Waals surface area contributed by atoms with E-state index in [9.17, 15) is 15.0 Å². The Morgan fingerprint density at radius 2 is 1.85 bits per heavy atom. The number of benzene rings is 2. The molecule has 0 fully saturated rings. The number of para-hydroxylation sites is 1. The predicted molar refractivity (Wildman–Crippen MR) is 107 cm³/mol. The first-order chi connectivity index (χ1) is 13.0. The number of fused-ring (bicyclic) bond motifs is 1. The SMILES string of the molecule is CC(Cc1c[nH]c2ccccc12)(NC(=O)O)C(O)CCCc1ccccc1. The molecule has 1 amide bonds. The van der Waals surface area contributed by atoms with Crippen molar-refractivity contribution in [2.45, 2.75) is 44.2 Å². The molecule has 1 aromatic heterocycles. The van der Waals surface area contributed by atoms with Crippen LogP contribution in [-0.4, -0.2) is 32.9 Å². The van der Waals surface area contributed by atoms with Crippen LogP contribution < -0.4 is 5.32 Å². The van der Waals surface area contributed by atoms with Crippen LogP contribution in [0.2, 0.25) is 0 Å². The summed E-state index contributed by atoms with van der Waals surface area (Å²) < 4.78 is 0. The van der Waals surface area contributed by atoms with Crippen molar-refractivity contribution in [3.05, 3.63) is 71.9 Å². The average Bonchev–Trinajstić information content (AvgIpc) is 3.04. The lowest BCUT2D eigenvalue weighted by molar-refractivity contribution is 0.0597. The molecule has 2 unspecified atom stereocenters. The number of aromatic amines is 1. The molecule has 0 bridgehead atoms. The molecule has 0 saturated heterocycles. The van der Waals surface area contributed by atoms with E-state index in [1.807, 2.05) is 48.7 Å². The summed E-state index contributed by atoms with van der Waals surface area (Å²) in [5, 5.41) is 23.8. The van der Waals surface area contributed by atoms with E-state index in [1.54, 1.807) is 6.92 Å². The number of hydrogen-bond donors (Lipinski definition) is 4. The van der Waals surface area contributed by atoms with Crippen molar-refractivity contribution < 1.29 is 15.0 Å². The number of aliphatic hydroxyl groups excluding tert-OH is 1. The molecule has 3 rings (SSSR count). The van der Waals surface area contributed by atoms with Crippen LogP contribution in [0.15, 0.2) is 60.8 Å². The van der Waals surface area contributed by atoms with Crippen molar-refractivity contribution in [2.75, 3.05) is 0 Å². The Hall–Kier alpha value is -2.79. The summed E-state index contributed by atoms with van der Waals surface area (Å²) in [7, 11) is 0. The van der Waals surface area contributed by atoms with Crippen molar-refractivity contribution in [3.63, 3.8) is 0 Å². The summed E-state index contributed by atoms with van der Waals surface area (Å²) in [4.78, 5) is 14.6. The summed E-state index contributed by atoms with van der Waals surface area (Å²) >= 11 is 0. The molecule has 5 heteroatoms. The molecule has 2 aromatic carbocycles. The number of nitrogens with one attached hydrogen (secondary N) is 2. The van der Waals surface area contributed by atoms with Gasteiger partial charge in [-0.3, -0.25) is 0 Å². The summed E-state index contributed by atoms with van der Waals surface area (Å²) in [5.41, 5.74) is 2.25. The molecule has 1 heterocycles. The second-order valence-corrected chi connectivity index (χ2v) is 7.28. The highest BCUT2D eigenvalue weighted by atomic mass is 16.4. The van der Waals surface area contributed by atoms with Gasteiger partial charge < -0.3 is 20.5 Å². The number of rotatable bonds is 8. The third-order valence-corrected chi connectivity index (χ3v) is 5.15. The Bertz CT molecular complexity index is 891. The topological polar surface area (TPSA) is 85.4 Å². The second-order valence-electron chi connectivity index (χ2n) is 7.28. The maximum absolute atomic E-state index is 11.4. The highest BCUT2D eigenvalue weighted by Crippen LogP contribution is 2.26. The van der Waals surface area contributed by atoms with Crippen LogP contribution in [0, 0.1) is 0 Å². The lowest BCUT2D eigenvalue weighted by atomic mass is 9.84. The van der Waals surface area contributed by atoms with Gasteiger partial charge in [-0.05, 0) is 49.8 Å². The maximum Gasteiger partial charge on any atom is 0.405 e. The standard InChI is InChI=1S/C22H26N2O3/c1-22(24-21(26)27,14-17-15-23-19-12-6-5-11-18(17)19)20(25)13-7-10-16-8-3-2-4-9-16/h2-6,8-9,11-12,15,20,23-25H,7,10,13-14H2,1H3,(H,26,27). The first kappa shape index (κ1) is 19.0. The molecule has 142 valence electrons. The number of carbonyl (C=O) groups is 1. The lowest BCUT2D eigenvalue weighted by Crippen LogP contribution is -2.55. The lowest BCUT2D eigenvalue weighted by Gasteiger charge is -2.34. The monoisotopic (exact) mass is 366 g/mol. The van der Waals surface area contributed by atoms with Crippen LogP contribution in [0.1, 0.15) is 30.9 Å². The van der Waals surface area contributed by atoms with Crippen molar-refractivity contribution >= 4 is 17.0 Å². The van der Waals surface area contributed by atoms with E-state index >= 15 is 0 Å². The summed E-state index contributed by atoms with van der Waals surface area (Å²) in [6, 6.07) is 18.0. The van der Waals surface area contributed by atoms with Crippen LogP contribution >= 0.6 is 0 Å². The highest BCUT2D eigenvalue weighted by molar-refractivity contribution is 5.83.